The summed E-state index contributed by atoms with van der Waals surface area (Å²) in [6.07, 6.45) is -0.340. The van der Waals surface area contributed by atoms with Crippen molar-refractivity contribution in [1.82, 2.24) is 0 Å². The second kappa shape index (κ2) is 5.32. The first kappa shape index (κ1) is 13.0. The number of aliphatic carboxylic acids is 1. The van der Waals surface area contributed by atoms with E-state index in [2.05, 4.69) is 4.74 Å². The molecule has 0 radical (unpaired) electrons. The first-order chi connectivity index (χ1) is 7.41. The lowest BCUT2D eigenvalue weighted by atomic mass is 10.1. The van der Waals surface area contributed by atoms with Crippen molar-refractivity contribution in [1.29, 1.82) is 0 Å². The quantitative estimate of drug-likeness (QED) is 0.914. The summed E-state index contributed by atoms with van der Waals surface area (Å²) in [4.78, 5) is 10.4. The summed E-state index contributed by atoms with van der Waals surface area (Å²) in [6.45, 7) is -3.01. The Morgan fingerprint density at radius 2 is 2.00 bits per heavy atom. The number of carboxylic acids is 1. The maximum atomic E-state index is 11.9. The van der Waals surface area contributed by atoms with Crippen molar-refractivity contribution in [2.45, 2.75) is 13.0 Å². The minimum Gasteiger partial charge on any atom is -0.481 e. The molecule has 0 saturated heterocycles. The highest BCUT2D eigenvalue weighted by atomic mass is 35.5. The van der Waals surface area contributed by atoms with Crippen LogP contribution in [0.5, 0.6) is 5.75 Å². The summed E-state index contributed by atoms with van der Waals surface area (Å²) < 4.78 is 27.9. The molecule has 0 unspecified atom stereocenters. The van der Waals surface area contributed by atoms with Gasteiger partial charge in [-0.2, -0.15) is 8.78 Å². The van der Waals surface area contributed by atoms with E-state index in [1.807, 2.05) is 0 Å². The first-order valence-corrected chi connectivity index (χ1v) is 4.81. The number of carboxylic acid groups (broad SMARTS) is 1. The Balaban J connectivity index is 3.03. The van der Waals surface area contributed by atoms with Crippen molar-refractivity contribution >= 4 is 29.2 Å². The van der Waals surface area contributed by atoms with Crippen LogP contribution in [0.2, 0.25) is 10.0 Å². The fraction of sp³-hybridized carbons (Fsp3) is 0.222. The minimum atomic E-state index is -3.01. The molecule has 16 heavy (non-hydrogen) atoms. The van der Waals surface area contributed by atoms with Crippen LogP contribution in [0.3, 0.4) is 0 Å². The van der Waals surface area contributed by atoms with Gasteiger partial charge < -0.3 is 9.84 Å². The smallest absolute Gasteiger partial charge is 0.387 e. The van der Waals surface area contributed by atoms with Crippen LogP contribution >= 0.6 is 23.2 Å². The normalized spacial score (nSPS) is 10.6. The molecule has 0 saturated carbocycles. The molecule has 0 bridgehead atoms. The molecular weight excluding hydrogens is 265 g/mol. The monoisotopic (exact) mass is 270 g/mol. The predicted molar refractivity (Wildman–Crippen MR) is 54.4 cm³/mol. The zero-order valence-electron chi connectivity index (χ0n) is 7.71. The highest BCUT2D eigenvalue weighted by Crippen LogP contribution is 2.35. The molecule has 0 atom stereocenters. The van der Waals surface area contributed by atoms with E-state index < -0.39 is 12.6 Å². The molecular formula is C9H6Cl2F2O3. The molecule has 1 rings (SSSR count). The summed E-state index contributed by atoms with van der Waals surface area (Å²) >= 11 is 11.3. The Kier molecular flexibility index (Phi) is 4.32. The molecule has 1 N–H and O–H groups in total. The Hall–Kier alpha value is -1.07. The highest BCUT2D eigenvalue weighted by molar-refractivity contribution is 6.43. The van der Waals surface area contributed by atoms with Crippen molar-refractivity contribution in [2.75, 3.05) is 0 Å². The molecule has 0 aliphatic heterocycles. The fourth-order valence-electron chi connectivity index (χ4n) is 1.06. The number of rotatable bonds is 4. The van der Waals surface area contributed by atoms with Crippen LogP contribution in [-0.4, -0.2) is 17.7 Å². The third kappa shape index (κ3) is 3.21. The molecule has 0 spiro atoms. The second-order valence-electron chi connectivity index (χ2n) is 2.80. The third-order valence-electron chi connectivity index (χ3n) is 1.68. The summed E-state index contributed by atoms with van der Waals surface area (Å²) in [5, 5.41) is 8.23. The summed E-state index contributed by atoms with van der Waals surface area (Å²) in [5.41, 5.74) is 0.237. The number of benzene rings is 1. The van der Waals surface area contributed by atoms with E-state index in [1.54, 1.807) is 0 Å². The predicted octanol–water partition coefficient (Wildman–Crippen LogP) is 3.22. The summed E-state index contributed by atoms with van der Waals surface area (Å²) in [5.74, 6) is -1.38. The summed E-state index contributed by atoms with van der Waals surface area (Å²) in [7, 11) is 0. The van der Waals surface area contributed by atoms with Crippen molar-refractivity contribution < 1.29 is 23.4 Å². The maximum Gasteiger partial charge on any atom is 0.387 e. The van der Waals surface area contributed by atoms with E-state index in [-0.39, 0.29) is 27.8 Å². The Morgan fingerprint density at radius 1 is 1.38 bits per heavy atom. The van der Waals surface area contributed by atoms with Crippen molar-refractivity contribution in [2.24, 2.45) is 0 Å². The molecule has 1 aromatic carbocycles. The van der Waals surface area contributed by atoms with Gasteiger partial charge in [0.25, 0.3) is 0 Å². The SMILES string of the molecule is O=C(O)Cc1ccc(OC(F)F)c(Cl)c1Cl. The Labute approximate surface area is 99.5 Å². The van der Waals surface area contributed by atoms with Crippen LogP contribution in [0.1, 0.15) is 5.56 Å². The van der Waals surface area contributed by atoms with Gasteiger partial charge in [-0.25, -0.2) is 0 Å². The minimum absolute atomic E-state index is 0.0952. The first-order valence-electron chi connectivity index (χ1n) is 4.05. The summed E-state index contributed by atoms with van der Waals surface area (Å²) in [6, 6.07) is 2.43. The number of alkyl halides is 2. The van der Waals surface area contributed by atoms with Crippen molar-refractivity contribution in [3.05, 3.63) is 27.7 Å². The van der Waals surface area contributed by atoms with Gasteiger partial charge in [0.2, 0.25) is 0 Å². The van der Waals surface area contributed by atoms with Crippen LogP contribution in [0.4, 0.5) is 8.78 Å². The van der Waals surface area contributed by atoms with Gasteiger partial charge >= 0.3 is 12.6 Å². The maximum absolute atomic E-state index is 11.9. The molecule has 0 heterocycles. The molecule has 0 amide bonds. The van der Waals surface area contributed by atoms with Crippen molar-refractivity contribution in [3.63, 3.8) is 0 Å². The Morgan fingerprint density at radius 3 is 2.50 bits per heavy atom. The molecule has 7 heteroatoms. The van der Waals surface area contributed by atoms with Crippen LogP contribution in [0.25, 0.3) is 0 Å². The van der Waals surface area contributed by atoms with Crippen LogP contribution in [-0.2, 0) is 11.2 Å². The fourth-order valence-corrected chi connectivity index (χ4v) is 1.51. The van der Waals surface area contributed by atoms with Crippen LogP contribution in [0, 0.1) is 0 Å². The molecule has 0 aliphatic carbocycles. The van der Waals surface area contributed by atoms with Gasteiger partial charge in [0, 0.05) is 0 Å². The molecule has 0 fully saturated rings. The zero-order valence-corrected chi connectivity index (χ0v) is 9.23. The average molecular weight is 271 g/mol. The highest BCUT2D eigenvalue weighted by Gasteiger charge is 2.15. The van der Waals surface area contributed by atoms with E-state index in [1.165, 1.54) is 6.07 Å². The second-order valence-corrected chi connectivity index (χ2v) is 3.56. The van der Waals surface area contributed by atoms with Gasteiger partial charge in [0.1, 0.15) is 10.8 Å². The number of hydrogen-bond donors (Lipinski definition) is 1. The largest absolute Gasteiger partial charge is 0.481 e. The average Bonchev–Trinajstić information content (AvgIpc) is 2.16. The lowest BCUT2D eigenvalue weighted by Crippen LogP contribution is -2.04. The third-order valence-corrected chi connectivity index (χ3v) is 2.59. The zero-order chi connectivity index (χ0) is 12.3. The Bertz CT molecular complexity index is 410. The van der Waals surface area contributed by atoms with E-state index in [9.17, 15) is 13.6 Å². The molecule has 0 aromatic heterocycles. The number of carbonyl (C=O) groups is 1. The van der Waals surface area contributed by atoms with Gasteiger partial charge in [-0.05, 0) is 11.6 Å². The van der Waals surface area contributed by atoms with E-state index in [0.29, 0.717) is 0 Å². The van der Waals surface area contributed by atoms with Gasteiger partial charge in [0.05, 0.1) is 11.4 Å². The van der Waals surface area contributed by atoms with E-state index in [0.717, 1.165) is 6.07 Å². The number of hydrogen-bond acceptors (Lipinski definition) is 2. The molecule has 88 valence electrons. The molecule has 1 aromatic rings. The lowest BCUT2D eigenvalue weighted by molar-refractivity contribution is -0.136. The molecule has 3 nitrogen and oxygen atoms in total. The van der Waals surface area contributed by atoms with Gasteiger partial charge in [-0.1, -0.05) is 29.3 Å². The number of halogens is 4. The van der Waals surface area contributed by atoms with Crippen LogP contribution in [0.15, 0.2) is 12.1 Å². The van der Waals surface area contributed by atoms with E-state index >= 15 is 0 Å². The van der Waals surface area contributed by atoms with Gasteiger partial charge in [-0.15, -0.1) is 0 Å². The lowest BCUT2D eigenvalue weighted by Gasteiger charge is -2.09. The van der Waals surface area contributed by atoms with Crippen molar-refractivity contribution in [3.8, 4) is 5.75 Å². The van der Waals surface area contributed by atoms with E-state index in [4.69, 9.17) is 28.3 Å². The van der Waals surface area contributed by atoms with Gasteiger partial charge in [-0.3, -0.25) is 4.79 Å². The van der Waals surface area contributed by atoms with Gasteiger partial charge in [0.15, 0.2) is 0 Å². The van der Waals surface area contributed by atoms with Crippen LogP contribution < -0.4 is 4.74 Å². The molecule has 0 aliphatic rings. The standard InChI is InChI=1S/C9H6Cl2F2O3/c10-7-4(3-6(14)15)1-2-5(8(7)11)16-9(12)13/h1-2,9H,3H2,(H,14,15). The number of ether oxygens (including phenoxy) is 1. The topological polar surface area (TPSA) is 46.5 Å².